The Kier molecular flexibility index (Phi) is 4.32. The number of hydrogen-bond acceptors (Lipinski definition) is 2. The van der Waals surface area contributed by atoms with E-state index in [4.69, 9.17) is 0 Å². The fraction of sp³-hybridized carbons (Fsp3) is 1.00. The number of nitrogens with one attached hydrogen (secondary N) is 1. The van der Waals surface area contributed by atoms with E-state index in [1.54, 1.807) is 0 Å². The molecule has 0 amide bonds. The average molecular weight is 147 g/mol. The Morgan fingerprint density at radius 1 is 1.33 bits per heavy atom. The third kappa shape index (κ3) is 8.31. The summed E-state index contributed by atoms with van der Waals surface area (Å²) in [6.45, 7) is 7.81. The molecule has 0 aromatic rings. The first-order valence-corrected chi connectivity index (χ1v) is 4.01. The zero-order valence-electron chi connectivity index (χ0n) is 6.57. The molecule has 0 bridgehead atoms. The van der Waals surface area contributed by atoms with Crippen LogP contribution < -0.4 is 5.32 Å². The highest BCUT2D eigenvalue weighted by atomic mass is 32.1. The van der Waals surface area contributed by atoms with Gasteiger partial charge in [-0.1, -0.05) is 20.8 Å². The van der Waals surface area contributed by atoms with Crippen molar-refractivity contribution in [3.8, 4) is 0 Å². The lowest BCUT2D eigenvalue weighted by molar-refractivity contribution is 0.372. The summed E-state index contributed by atoms with van der Waals surface area (Å²) in [5, 5.41) is 3.17. The summed E-state index contributed by atoms with van der Waals surface area (Å²) >= 11 is 4.04. The molecule has 2 heteroatoms. The van der Waals surface area contributed by atoms with Crippen molar-refractivity contribution in [3.63, 3.8) is 0 Å². The van der Waals surface area contributed by atoms with Gasteiger partial charge in [-0.2, -0.15) is 12.6 Å². The molecular weight excluding hydrogens is 130 g/mol. The molecule has 0 fully saturated rings. The minimum absolute atomic E-state index is 0.454. The molecule has 0 aliphatic rings. The minimum Gasteiger partial charge on any atom is -0.308 e. The lowest BCUT2D eigenvalue weighted by Crippen LogP contribution is -2.18. The minimum atomic E-state index is 0.454. The molecule has 0 aliphatic heterocycles. The molecule has 0 aromatic heterocycles. The van der Waals surface area contributed by atoms with E-state index in [0.29, 0.717) is 5.41 Å². The monoisotopic (exact) mass is 147 g/mol. The second-order valence-corrected chi connectivity index (χ2v) is 3.79. The SMILES string of the molecule is CC(C)(C)CCNCS. The van der Waals surface area contributed by atoms with Gasteiger partial charge in [-0.25, -0.2) is 0 Å². The smallest absolute Gasteiger partial charge is 0.0387 e. The van der Waals surface area contributed by atoms with Gasteiger partial charge in [-0.15, -0.1) is 0 Å². The molecule has 0 radical (unpaired) electrons. The van der Waals surface area contributed by atoms with Gasteiger partial charge in [0.1, 0.15) is 0 Å². The van der Waals surface area contributed by atoms with Gasteiger partial charge in [0.05, 0.1) is 0 Å². The highest BCUT2D eigenvalue weighted by molar-refractivity contribution is 7.80. The molecule has 0 aromatic carbocycles. The van der Waals surface area contributed by atoms with E-state index in [2.05, 4.69) is 38.7 Å². The Morgan fingerprint density at radius 3 is 2.22 bits per heavy atom. The van der Waals surface area contributed by atoms with Gasteiger partial charge in [-0.3, -0.25) is 0 Å². The van der Waals surface area contributed by atoms with Crippen LogP contribution in [0.3, 0.4) is 0 Å². The van der Waals surface area contributed by atoms with Gasteiger partial charge in [0.25, 0.3) is 0 Å². The maximum atomic E-state index is 4.04. The Labute approximate surface area is 63.6 Å². The van der Waals surface area contributed by atoms with E-state index in [0.717, 1.165) is 12.4 Å². The third-order valence-electron chi connectivity index (χ3n) is 1.16. The van der Waals surface area contributed by atoms with E-state index >= 15 is 0 Å². The lowest BCUT2D eigenvalue weighted by atomic mass is 9.92. The molecule has 0 aliphatic carbocycles. The molecule has 1 nitrogen and oxygen atoms in total. The van der Waals surface area contributed by atoms with Crippen molar-refractivity contribution in [3.05, 3.63) is 0 Å². The van der Waals surface area contributed by atoms with E-state index < -0.39 is 0 Å². The zero-order valence-corrected chi connectivity index (χ0v) is 7.46. The van der Waals surface area contributed by atoms with E-state index in [1.165, 1.54) is 6.42 Å². The van der Waals surface area contributed by atoms with Crippen LogP contribution in [-0.4, -0.2) is 12.4 Å². The summed E-state index contributed by atoms with van der Waals surface area (Å²) in [7, 11) is 0. The third-order valence-corrected chi connectivity index (χ3v) is 1.39. The molecular formula is C7H17NS. The second kappa shape index (κ2) is 4.18. The van der Waals surface area contributed by atoms with Crippen LogP contribution >= 0.6 is 12.6 Å². The Bertz CT molecular complexity index is 65.8. The number of rotatable bonds is 3. The Balaban J connectivity index is 3.07. The van der Waals surface area contributed by atoms with Gasteiger partial charge in [0.2, 0.25) is 0 Å². The fourth-order valence-corrected chi connectivity index (χ4v) is 0.701. The van der Waals surface area contributed by atoms with Crippen molar-refractivity contribution < 1.29 is 0 Å². The zero-order chi connectivity index (χ0) is 7.33. The van der Waals surface area contributed by atoms with Crippen molar-refractivity contribution in [2.45, 2.75) is 27.2 Å². The van der Waals surface area contributed by atoms with Gasteiger partial charge in [0.15, 0.2) is 0 Å². The predicted octanol–water partition coefficient (Wildman–Crippen LogP) is 1.90. The van der Waals surface area contributed by atoms with Crippen molar-refractivity contribution in [2.24, 2.45) is 5.41 Å². The van der Waals surface area contributed by atoms with Gasteiger partial charge >= 0.3 is 0 Å². The van der Waals surface area contributed by atoms with Gasteiger partial charge in [-0.05, 0) is 18.4 Å². The van der Waals surface area contributed by atoms with Crippen LogP contribution in [0, 0.1) is 5.41 Å². The van der Waals surface area contributed by atoms with E-state index in [-0.39, 0.29) is 0 Å². The summed E-state index contributed by atoms with van der Waals surface area (Å²) in [5.41, 5.74) is 0.454. The van der Waals surface area contributed by atoms with Gasteiger partial charge < -0.3 is 5.32 Å². The molecule has 0 spiro atoms. The first kappa shape index (κ1) is 9.31. The van der Waals surface area contributed by atoms with Crippen molar-refractivity contribution >= 4 is 12.6 Å². The topological polar surface area (TPSA) is 12.0 Å². The van der Waals surface area contributed by atoms with Crippen LogP contribution in [0.2, 0.25) is 0 Å². The second-order valence-electron chi connectivity index (χ2n) is 3.47. The molecule has 0 saturated carbocycles. The molecule has 0 rings (SSSR count). The molecule has 1 N–H and O–H groups in total. The summed E-state index contributed by atoms with van der Waals surface area (Å²) < 4.78 is 0. The Morgan fingerprint density at radius 2 is 1.89 bits per heavy atom. The highest BCUT2D eigenvalue weighted by Crippen LogP contribution is 2.16. The molecule has 56 valence electrons. The maximum absolute atomic E-state index is 4.04. The highest BCUT2D eigenvalue weighted by Gasteiger charge is 2.07. The average Bonchev–Trinajstić information content (AvgIpc) is 1.63. The van der Waals surface area contributed by atoms with Gasteiger partial charge in [0, 0.05) is 5.88 Å². The molecule has 0 atom stereocenters. The van der Waals surface area contributed by atoms with Crippen molar-refractivity contribution in [2.75, 3.05) is 12.4 Å². The summed E-state index contributed by atoms with van der Waals surface area (Å²) in [4.78, 5) is 0. The van der Waals surface area contributed by atoms with Crippen LogP contribution in [0.1, 0.15) is 27.2 Å². The first-order valence-electron chi connectivity index (χ1n) is 3.38. The largest absolute Gasteiger partial charge is 0.308 e. The van der Waals surface area contributed by atoms with E-state index in [1.807, 2.05) is 0 Å². The normalized spacial score (nSPS) is 12.0. The lowest BCUT2D eigenvalue weighted by Gasteiger charge is -2.17. The quantitative estimate of drug-likeness (QED) is 0.353. The molecule has 9 heavy (non-hydrogen) atoms. The fourth-order valence-electron chi connectivity index (χ4n) is 0.542. The number of thiol groups is 1. The van der Waals surface area contributed by atoms with Crippen LogP contribution in [0.25, 0.3) is 0 Å². The van der Waals surface area contributed by atoms with Crippen LogP contribution in [0.4, 0.5) is 0 Å². The first-order chi connectivity index (χ1) is 4.06. The molecule has 0 heterocycles. The van der Waals surface area contributed by atoms with Crippen LogP contribution in [0.15, 0.2) is 0 Å². The van der Waals surface area contributed by atoms with E-state index in [9.17, 15) is 0 Å². The summed E-state index contributed by atoms with van der Waals surface area (Å²) in [6, 6.07) is 0. The standard InChI is InChI=1S/C7H17NS/c1-7(2,3)4-5-8-6-9/h8-9H,4-6H2,1-3H3. The molecule has 0 saturated heterocycles. The van der Waals surface area contributed by atoms with Crippen LogP contribution in [-0.2, 0) is 0 Å². The number of hydrogen-bond donors (Lipinski definition) is 2. The maximum Gasteiger partial charge on any atom is 0.0387 e. The van der Waals surface area contributed by atoms with Crippen molar-refractivity contribution in [1.82, 2.24) is 5.32 Å². The Hall–Kier alpha value is 0.310. The predicted molar refractivity (Wildman–Crippen MR) is 45.9 cm³/mol. The molecule has 0 unspecified atom stereocenters. The van der Waals surface area contributed by atoms with Crippen molar-refractivity contribution in [1.29, 1.82) is 0 Å². The summed E-state index contributed by atoms with van der Waals surface area (Å²) in [6.07, 6.45) is 1.22. The van der Waals surface area contributed by atoms with Crippen LogP contribution in [0.5, 0.6) is 0 Å². The summed E-state index contributed by atoms with van der Waals surface area (Å²) in [5.74, 6) is 0.788.